The van der Waals surface area contributed by atoms with Crippen molar-refractivity contribution in [2.75, 3.05) is 47.5 Å². The van der Waals surface area contributed by atoms with E-state index in [1.807, 2.05) is 27.2 Å². The van der Waals surface area contributed by atoms with E-state index in [0.717, 1.165) is 51.4 Å². The van der Waals surface area contributed by atoms with Gasteiger partial charge in [-0.2, -0.15) is 0 Å². The van der Waals surface area contributed by atoms with Crippen LogP contribution < -0.4 is 0 Å². The summed E-state index contributed by atoms with van der Waals surface area (Å²) < 4.78 is 34.2. The number of carbonyl (C=O) groups is 2. The predicted molar refractivity (Wildman–Crippen MR) is 224 cm³/mol. The van der Waals surface area contributed by atoms with E-state index >= 15 is 0 Å². The standard InChI is InChI=1S/C44H82NO8P/c1-6-8-10-12-14-16-18-20-22-24-26-28-30-32-34-36-43(46)50-40-42(41-52-54(48,49)51-39-38-45(3,4)5)53-44(47)37-35-33-31-29-27-25-23-21-19-17-15-13-11-9-7-2/h6,21,23,27,29,42H,1,7-20,22,24-26,28,30-41H2,2-5H3/p+1/b23-21+,29-27+/t42-/m1/s1. The molecule has 0 aromatic rings. The minimum atomic E-state index is -4.38. The summed E-state index contributed by atoms with van der Waals surface area (Å²) in [7, 11) is 1.45. The number of hydrogen-bond donors (Lipinski definition) is 1. The lowest BCUT2D eigenvalue weighted by molar-refractivity contribution is -0.870. The molecule has 0 saturated carbocycles. The van der Waals surface area contributed by atoms with Crippen LogP contribution in [-0.2, 0) is 32.7 Å². The summed E-state index contributed by atoms with van der Waals surface area (Å²) in [6.07, 6.45) is 39.4. The van der Waals surface area contributed by atoms with E-state index < -0.39 is 26.5 Å². The number of ether oxygens (including phenoxy) is 2. The number of phosphoric acid groups is 1. The molecule has 0 aromatic carbocycles. The fraction of sp³-hybridized carbons (Fsp3) is 0.818. The molecule has 0 heterocycles. The van der Waals surface area contributed by atoms with Gasteiger partial charge in [-0.05, 0) is 57.8 Å². The average Bonchev–Trinajstić information content (AvgIpc) is 3.12. The smallest absolute Gasteiger partial charge is 0.462 e. The van der Waals surface area contributed by atoms with Gasteiger partial charge in [-0.25, -0.2) is 4.57 Å². The van der Waals surface area contributed by atoms with Crippen LogP contribution >= 0.6 is 7.82 Å². The molecule has 316 valence electrons. The number of unbranched alkanes of at least 4 members (excludes halogenated alkanes) is 21. The van der Waals surface area contributed by atoms with E-state index in [2.05, 4.69) is 37.8 Å². The van der Waals surface area contributed by atoms with Gasteiger partial charge in [0.25, 0.3) is 0 Å². The van der Waals surface area contributed by atoms with E-state index in [1.165, 1.54) is 103 Å². The third kappa shape index (κ3) is 39.9. The van der Waals surface area contributed by atoms with Crippen molar-refractivity contribution in [3.05, 3.63) is 37.0 Å². The molecule has 0 radical (unpaired) electrons. The Hall–Kier alpha value is -1.77. The molecule has 0 aliphatic carbocycles. The van der Waals surface area contributed by atoms with Gasteiger partial charge in [0.05, 0.1) is 27.7 Å². The highest BCUT2D eigenvalue weighted by Gasteiger charge is 2.27. The van der Waals surface area contributed by atoms with Crippen molar-refractivity contribution < 1.29 is 42.1 Å². The van der Waals surface area contributed by atoms with Gasteiger partial charge in [-0.1, -0.05) is 140 Å². The van der Waals surface area contributed by atoms with Crippen LogP contribution in [0, 0.1) is 0 Å². The Morgan fingerprint density at radius 1 is 0.630 bits per heavy atom. The third-order valence-electron chi connectivity index (χ3n) is 9.29. The fourth-order valence-electron chi connectivity index (χ4n) is 5.85. The maximum atomic E-state index is 12.7. The summed E-state index contributed by atoms with van der Waals surface area (Å²) in [6, 6.07) is 0. The Balaban J connectivity index is 4.40. The molecular formula is C44H83NO8P+. The number of rotatable bonds is 40. The second kappa shape index (κ2) is 36.8. The van der Waals surface area contributed by atoms with Crippen molar-refractivity contribution in [2.45, 2.75) is 186 Å². The number of likely N-dealkylation sites (N-methyl/N-ethyl adjacent to an activating group) is 1. The van der Waals surface area contributed by atoms with Gasteiger partial charge in [-0.15, -0.1) is 6.58 Å². The van der Waals surface area contributed by atoms with Crippen molar-refractivity contribution in [1.82, 2.24) is 0 Å². The van der Waals surface area contributed by atoms with Crippen molar-refractivity contribution >= 4 is 19.8 Å². The van der Waals surface area contributed by atoms with Gasteiger partial charge in [0.2, 0.25) is 0 Å². The number of carbonyl (C=O) groups excluding carboxylic acids is 2. The van der Waals surface area contributed by atoms with E-state index in [0.29, 0.717) is 17.4 Å². The molecule has 0 rings (SSSR count). The second-order valence-corrected chi connectivity index (χ2v) is 17.3. The number of allylic oxidation sites excluding steroid dienone is 5. The SMILES string of the molecule is C=CCCCCCCCCCCCCCCCC(=O)OC[C@H](COP(=O)(O)OCC[N+](C)(C)C)OC(=O)CCCC/C=C/C/C=C/CCCCCCCC. The number of hydrogen-bond acceptors (Lipinski definition) is 7. The highest BCUT2D eigenvalue weighted by molar-refractivity contribution is 7.47. The predicted octanol–water partition coefficient (Wildman–Crippen LogP) is 12.1. The zero-order chi connectivity index (χ0) is 40.0. The molecule has 0 aromatic heterocycles. The molecule has 0 saturated heterocycles. The van der Waals surface area contributed by atoms with Crippen LogP contribution in [0.5, 0.6) is 0 Å². The molecule has 54 heavy (non-hydrogen) atoms. The van der Waals surface area contributed by atoms with Crippen LogP contribution in [0.15, 0.2) is 37.0 Å². The largest absolute Gasteiger partial charge is 0.472 e. The molecule has 0 amide bonds. The zero-order valence-electron chi connectivity index (χ0n) is 35.3. The molecule has 9 nitrogen and oxygen atoms in total. The number of nitrogens with zero attached hydrogens (tertiary/aromatic N) is 1. The number of esters is 2. The molecule has 0 aliphatic rings. The van der Waals surface area contributed by atoms with Crippen molar-refractivity contribution in [2.24, 2.45) is 0 Å². The fourth-order valence-corrected chi connectivity index (χ4v) is 6.59. The molecule has 2 atom stereocenters. The summed E-state index contributed by atoms with van der Waals surface area (Å²) >= 11 is 0. The lowest BCUT2D eigenvalue weighted by Crippen LogP contribution is -2.37. The van der Waals surface area contributed by atoms with Crippen LogP contribution in [0.2, 0.25) is 0 Å². The zero-order valence-corrected chi connectivity index (χ0v) is 36.2. The van der Waals surface area contributed by atoms with Crippen LogP contribution in [0.4, 0.5) is 0 Å². The summed E-state index contributed by atoms with van der Waals surface area (Å²) in [5.74, 6) is -0.838. The normalized spacial score (nSPS) is 13.7. The minimum absolute atomic E-state index is 0.0254. The lowest BCUT2D eigenvalue weighted by Gasteiger charge is -2.24. The Labute approximate surface area is 331 Å². The van der Waals surface area contributed by atoms with Crippen LogP contribution in [0.3, 0.4) is 0 Å². The highest BCUT2D eigenvalue weighted by Crippen LogP contribution is 2.43. The molecule has 0 fully saturated rings. The molecule has 0 spiro atoms. The van der Waals surface area contributed by atoms with Crippen molar-refractivity contribution in [1.29, 1.82) is 0 Å². The molecule has 0 aliphatic heterocycles. The van der Waals surface area contributed by atoms with Crippen molar-refractivity contribution in [3.63, 3.8) is 0 Å². The Bertz CT molecular complexity index is 1010. The first-order chi connectivity index (χ1) is 26.0. The minimum Gasteiger partial charge on any atom is -0.462 e. The summed E-state index contributed by atoms with van der Waals surface area (Å²) in [5, 5.41) is 0. The first kappa shape index (κ1) is 52.2. The quantitative estimate of drug-likeness (QED) is 0.0215. The molecule has 1 unspecified atom stereocenters. The third-order valence-corrected chi connectivity index (χ3v) is 10.3. The van der Waals surface area contributed by atoms with Crippen molar-refractivity contribution in [3.8, 4) is 0 Å². The molecule has 1 N–H and O–H groups in total. The molecule has 10 heteroatoms. The maximum Gasteiger partial charge on any atom is 0.472 e. The molecular weight excluding hydrogens is 701 g/mol. The number of quaternary nitrogens is 1. The van der Waals surface area contributed by atoms with Gasteiger partial charge < -0.3 is 18.9 Å². The lowest BCUT2D eigenvalue weighted by atomic mass is 10.0. The first-order valence-corrected chi connectivity index (χ1v) is 23.2. The van der Waals surface area contributed by atoms with Gasteiger partial charge in [0, 0.05) is 12.8 Å². The number of phosphoric ester groups is 1. The topological polar surface area (TPSA) is 108 Å². The molecule has 0 bridgehead atoms. The Morgan fingerprint density at radius 3 is 1.63 bits per heavy atom. The van der Waals surface area contributed by atoms with Gasteiger partial charge in [0.1, 0.15) is 19.8 Å². The van der Waals surface area contributed by atoms with Crippen LogP contribution in [0.1, 0.15) is 180 Å². The highest BCUT2D eigenvalue weighted by atomic mass is 31.2. The summed E-state index contributed by atoms with van der Waals surface area (Å²) in [6.45, 7) is 5.90. The van der Waals surface area contributed by atoms with Gasteiger partial charge in [-0.3, -0.25) is 18.6 Å². The Morgan fingerprint density at radius 2 is 1.09 bits per heavy atom. The average molecular weight is 785 g/mol. The second-order valence-electron chi connectivity index (χ2n) is 15.8. The Kier molecular flexibility index (Phi) is 35.6. The van der Waals surface area contributed by atoms with Gasteiger partial charge >= 0.3 is 19.8 Å². The summed E-state index contributed by atoms with van der Waals surface area (Å²) in [4.78, 5) is 35.3. The van der Waals surface area contributed by atoms with E-state index in [9.17, 15) is 19.0 Å². The van der Waals surface area contributed by atoms with Crippen LogP contribution in [-0.4, -0.2) is 74.9 Å². The van der Waals surface area contributed by atoms with E-state index in [-0.39, 0.29) is 32.0 Å². The van der Waals surface area contributed by atoms with Crippen LogP contribution in [0.25, 0.3) is 0 Å². The van der Waals surface area contributed by atoms with Gasteiger partial charge in [0.15, 0.2) is 6.10 Å². The van der Waals surface area contributed by atoms with E-state index in [4.69, 9.17) is 18.5 Å². The van der Waals surface area contributed by atoms with E-state index in [1.54, 1.807) is 0 Å². The maximum absolute atomic E-state index is 12.7. The summed E-state index contributed by atoms with van der Waals surface area (Å²) in [5.41, 5.74) is 0. The monoisotopic (exact) mass is 785 g/mol. The first-order valence-electron chi connectivity index (χ1n) is 21.7.